The van der Waals surface area contributed by atoms with Gasteiger partial charge in [-0.1, -0.05) is 6.92 Å². The lowest BCUT2D eigenvalue weighted by Gasteiger charge is -2.12. The Labute approximate surface area is 146 Å². The number of ether oxygens (including phenoxy) is 1. The smallest absolute Gasteiger partial charge is 0.213 e. The van der Waals surface area contributed by atoms with Crippen LogP contribution in [0, 0.1) is 0 Å². The van der Waals surface area contributed by atoms with Crippen molar-refractivity contribution in [1.82, 2.24) is 24.5 Å². The van der Waals surface area contributed by atoms with Gasteiger partial charge in [-0.3, -0.25) is 0 Å². The molecule has 0 saturated heterocycles. The Morgan fingerprint density at radius 1 is 1.28 bits per heavy atom. The highest BCUT2D eigenvalue weighted by atomic mass is 16.5. The minimum atomic E-state index is 0.156. The molecule has 3 aromatic rings. The lowest BCUT2D eigenvalue weighted by molar-refractivity contribution is 0.208. The van der Waals surface area contributed by atoms with Gasteiger partial charge in [-0.05, 0) is 37.8 Å². The number of nitrogens with zero attached hydrogens (tertiary/aromatic N) is 5. The first-order chi connectivity index (χ1) is 12.2. The predicted octanol–water partition coefficient (Wildman–Crippen LogP) is 3.35. The molecule has 1 unspecified atom stereocenters. The van der Waals surface area contributed by atoms with Crippen molar-refractivity contribution in [2.75, 3.05) is 5.32 Å². The predicted molar refractivity (Wildman–Crippen MR) is 95.5 cm³/mol. The third kappa shape index (κ3) is 3.40. The number of aromatic nitrogens is 5. The second-order valence-corrected chi connectivity index (χ2v) is 6.47. The number of nitrogens with one attached hydrogen (secondary N) is 1. The molecular weight excluding hydrogens is 316 g/mol. The molecular formula is C18H22N6O. The van der Waals surface area contributed by atoms with Gasteiger partial charge in [0.1, 0.15) is 11.8 Å². The van der Waals surface area contributed by atoms with Crippen molar-refractivity contribution >= 4 is 17.0 Å². The molecule has 0 aromatic carbocycles. The van der Waals surface area contributed by atoms with Crippen molar-refractivity contribution in [2.45, 2.75) is 51.8 Å². The normalized spacial score (nSPS) is 15.3. The SMILES string of the molecule is CCC(C)Oc1cc(CNc2ncnc3c2ncn3C2CC2)ccn1. The van der Waals surface area contributed by atoms with Gasteiger partial charge in [-0.25, -0.2) is 19.9 Å². The maximum Gasteiger partial charge on any atom is 0.213 e. The molecule has 0 spiro atoms. The Hall–Kier alpha value is -2.70. The van der Waals surface area contributed by atoms with Crippen LogP contribution in [0.2, 0.25) is 0 Å². The summed E-state index contributed by atoms with van der Waals surface area (Å²) in [6, 6.07) is 4.48. The molecule has 4 rings (SSSR count). The van der Waals surface area contributed by atoms with Crippen molar-refractivity contribution in [3.8, 4) is 5.88 Å². The van der Waals surface area contributed by atoms with Crippen LogP contribution in [-0.4, -0.2) is 30.6 Å². The summed E-state index contributed by atoms with van der Waals surface area (Å²) in [7, 11) is 0. The molecule has 1 aliphatic carbocycles. The molecule has 0 aliphatic heterocycles. The van der Waals surface area contributed by atoms with Gasteiger partial charge >= 0.3 is 0 Å². The monoisotopic (exact) mass is 338 g/mol. The average Bonchev–Trinajstić information content (AvgIpc) is 3.39. The van der Waals surface area contributed by atoms with Gasteiger partial charge in [0, 0.05) is 24.8 Å². The molecule has 0 amide bonds. The molecule has 130 valence electrons. The topological polar surface area (TPSA) is 77.8 Å². The zero-order valence-electron chi connectivity index (χ0n) is 14.5. The third-order valence-corrected chi connectivity index (χ3v) is 4.46. The van der Waals surface area contributed by atoms with E-state index in [1.54, 1.807) is 12.5 Å². The van der Waals surface area contributed by atoms with E-state index >= 15 is 0 Å². The first kappa shape index (κ1) is 15.8. The summed E-state index contributed by atoms with van der Waals surface area (Å²) in [6.07, 6.45) is 8.74. The first-order valence-electron chi connectivity index (χ1n) is 8.77. The highest BCUT2D eigenvalue weighted by Crippen LogP contribution is 2.37. The van der Waals surface area contributed by atoms with E-state index in [0.29, 0.717) is 18.5 Å². The molecule has 1 saturated carbocycles. The van der Waals surface area contributed by atoms with Gasteiger partial charge in [0.05, 0.1) is 12.4 Å². The largest absolute Gasteiger partial charge is 0.475 e. The molecule has 25 heavy (non-hydrogen) atoms. The zero-order valence-corrected chi connectivity index (χ0v) is 14.5. The minimum absolute atomic E-state index is 0.156. The quantitative estimate of drug-likeness (QED) is 0.712. The molecule has 0 radical (unpaired) electrons. The Morgan fingerprint density at radius 3 is 2.96 bits per heavy atom. The number of hydrogen-bond acceptors (Lipinski definition) is 6. The van der Waals surface area contributed by atoms with Crippen molar-refractivity contribution in [3.05, 3.63) is 36.5 Å². The maximum absolute atomic E-state index is 5.78. The molecule has 3 aromatic heterocycles. The fourth-order valence-electron chi connectivity index (χ4n) is 2.70. The highest BCUT2D eigenvalue weighted by molar-refractivity contribution is 5.82. The molecule has 0 bridgehead atoms. The first-order valence-corrected chi connectivity index (χ1v) is 8.77. The van der Waals surface area contributed by atoms with Gasteiger partial charge in [0.25, 0.3) is 0 Å². The van der Waals surface area contributed by atoms with Crippen molar-refractivity contribution in [3.63, 3.8) is 0 Å². The summed E-state index contributed by atoms with van der Waals surface area (Å²) in [6.45, 7) is 4.76. The van der Waals surface area contributed by atoms with E-state index in [-0.39, 0.29) is 6.10 Å². The number of hydrogen-bond donors (Lipinski definition) is 1. The van der Waals surface area contributed by atoms with Crippen LogP contribution in [0.1, 0.15) is 44.7 Å². The molecule has 1 N–H and O–H groups in total. The van der Waals surface area contributed by atoms with Crippen LogP contribution in [-0.2, 0) is 6.54 Å². The second kappa shape index (κ2) is 6.66. The lowest BCUT2D eigenvalue weighted by Crippen LogP contribution is -2.11. The number of rotatable bonds is 7. The molecule has 7 nitrogen and oxygen atoms in total. The van der Waals surface area contributed by atoms with Crippen LogP contribution in [0.4, 0.5) is 5.82 Å². The minimum Gasteiger partial charge on any atom is -0.475 e. The number of anilines is 1. The van der Waals surface area contributed by atoms with E-state index in [2.05, 4.69) is 36.7 Å². The van der Waals surface area contributed by atoms with Crippen LogP contribution < -0.4 is 10.1 Å². The van der Waals surface area contributed by atoms with E-state index in [0.717, 1.165) is 29.0 Å². The summed E-state index contributed by atoms with van der Waals surface area (Å²) in [5.74, 6) is 1.41. The van der Waals surface area contributed by atoms with Crippen molar-refractivity contribution < 1.29 is 4.74 Å². The Bertz CT molecular complexity index is 873. The molecule has 1 fully saturated rings. The summed E-state index contributed by atoms with van der Waals surface area (Å²) in [5.41, 5.74) is 2.80. The van der Waals surface area contributed by atoms with Crippen LogP contribution in [0.15, 0.2) is 31.0 Å². The summed E-state index contributed by atoms with van der Waals surface area (Å²) in [5, 5.41) is 3.36. The standard InChI is InChI=1S/C18H22N6O/c1-3-12(2)25-15-8-13(6-7-19-15)9-20-17-16-18(22-10-21-17)24(11-23-16)14-4-5-14/h6-8,10-12,14H,3-5,9H2,1-2H3,(H,20,21,22). The van der Waals surface area contributed by atoms with Crippen LogP contribution >= 0.6 is 0 Å². The molecule has 7 heteroatoms. The van der Waals surface area contributed by atoms with Gasteiger partial charge < -0.3 is 14.6 Å². The summed E-state index contributed by atoms with van der Waals surface area (Å²) < 4.78 is 7.93. The molecule has 1 atom stereocenters. The van der Waals surface area contributed by atoms with Crippen molar-refractivity contribution in [2.24, 2.45) is 0 Å². The molecule has 3 heterocycles. The Balaban J connectivity index is 1.50. The number of imidazole rings is 1. The van der Waals surface area contributed by atoms with Crippen LogP contribution in [0.25, 0.3) is 11.2 Å². The fraction of sp³-hybridized carbons (Fsp3) is 0.444. The zero-order chi connectivity index (χ0) is 17.2. The van der Waals surface area contributed by atoms with Crippen LogP contribution in [0.3, 0.4) is 0 Å². The van der Waals surface area contributed by atoms with Gasteiger partial charge in [0.15, 0.2) is 11.5 Å². The van der Waals surface area contributed by atoms with E-state index in [1.165, 1.54) is 12.8 Å². The van der Waals surface area contributed by atoms with Gasteiger partial charge in [-0.2, -0.15) is 0 Å². The van der Waals surface area contributed by atoms with E-state index in [1.807, 2.05) is 25.4 Å². The number of fused-ring (bicyclic) bond motifs is 1. The maximum atomic E-state index is 5.78. The molecule has 1 aliphatic rings. The third-order valence-electron chi connectivity index (χ3n) is 4.46. The number of pyridine rings is 1. The van der Waals surface area contributed by atoms with E-state index in [4.69, 9.17) is 4.74 Å². The Morgan fingerprint density at radius 2 is 2.16 bits per heavy atom. The second-order valence-electron chi connectivity index (χ2n) is 6.47. The van der Waals surface area contributed by atoms with E-state index in [9.17, 15) is 0 Å². The van der Waals surface area contributed by atoms with Crippen molar-refractivity contribution in [1.29, 1.82) is 0 Å². The summed E-state index contributed by atoms with van der Waals surface area (Å²) in [4.78, 5) is 17.5. The summed E-state index contributed by atoms with van der Waals surface area (Å²) >= 11 is 0. The van der Waals surface area contributed by atoms with E-state index < -0.39 is 0 Å². The highest BCUT2D eigenvalue weighted by Gasteiger charge is 2.26. The van der Waals surface area contributed by atoms with Gasteiger partial charge in [0.2, 0.25) is 5.88 Å². The lowest BCUT2D eigenvalue weighted by atomic mass is 10.2. The van der Waals surface area contributed by atoms with Gasteiger partial charge in [-0.15, -0.1) is 0 Å². The average molecular weight is 338 g/mol. The van der Waals surface area contributed by atoms with Crippen LogP contribution in [0.5, 0.6) is 5.88 Å². The fourth-order valence-corrected chi connectivity index (χ4v) is 2.70. The Kier molecular flexibility index (Phi) is 4.21.